The van der Waals surface area contributed by atoms with Crippen molar-refractivity contribution >= 4 is 38.7 Å². The molecule has 1 aliphatic heterocycles. The Balaban J connectivity index is 1.58. The average molecular weight is 526 g/mol. The van der Waals surface area contributed by atoms with Gasteiger partial charge in [0.15, 0.2) is 10.9 Å². The number of thiazole rings is 1. The quantitative estimate of drug-likeness (QED) is 0.341. The van der Waals surface area contributed by atoms with Crippen molar-refractivity contribution in [3.63, 3.8) is 0 Å². The molecule has 3 N–H and O–H groups in total. The number of hydrogen-bond donors (Lipinski definition) is 3. The molecule has 1 aromatic carbocycles. The van der Waals surface area contributed by atoms with E-state index in [1.165, 1.54) is 36.8 Å². The van der Waals surface area contributed by atoms with E-state index in [2.05, 4.69) is 30.6 Å². The van der Waals surface area contributed by atoms with Gasteiger partial charge in [0.05, 0.1) is 4.70 Å². The van der Waals surface area contributed by atoms with E-state index < -0.39 is 17.7 Å². The van der Waals surface area contributed by atoms with Crippen LogP contribution in [0.3, 0.4) is 0 Å². The first kappa shape index (κ1) is 24.9. The molecule has 12 heteroatoms. The van der Waals surface area contributed by atoms with Gasteiger partial charge in [-0.2, -0.15) is 0 Å². The zero-order chi connectivity index (χ0) is 25.9. The molecule has 37 heavy (non-hydrogen) atoms. The molecule has 1 aliphatic rings. The highest BCUT2D eigenvalue weighted by Crippen LogP contribution is 2.41. The Labute approximate surface area is 215 Å². The third kappa shape index (κ3) is 5.07. The maximum Gasteiger partial charge on any atom is 0.321 e. The Morgan fingerprint density at radius 1 is 1.24 bits per heavy atom. The highest BCUT2D eigenvalue weighted by Gasteiger charge is 2.24. The number of aliphatic hydroxyl groups excluding tert-OH is 1. The van der Waals surface area contributed by atoms with E-state index in [0.717, 1.165) is 30.7 Å². The molecular weight excluding hydrogens is 500 g/mol. The summed E-state index contributed by atoms with van der Waals surface area (Å²) < 4.78 is 30.9. The van der Waals surface area contributed by atoms with Crippen LogP contribution in [-0.2, 0) is 0 Å². The molecule has 0 aliphatic carbocycles. The van der Waals surface area contributed by atoms with Gasteiger partial charge in [0.2, 0.25) is 5.95 Å². The summed E-state index contributed by atoms with van der Waals surface area (Å²) in [7, 11) is 0. The highest BCUT2D eigenvalue weighted by molar-refractivity contribution is 7.22. The summed E-state index contributed by atoms with van der Waals surface area (Å²) in [5.41, 5.74) is 0.906. The van der Waals surface area contributed by atoms with E-state index in [1.54, 1.807) is 6.92 Å². The highest BCUT2D eigenvalue weighted by atomic mass is 32.1. The number of urea groups is 1. The number of nitrogens with zero attached hydrogens (tertiary/aromatic N) is 5. The van der Waals surface area contributed by atoms with Crippen LogP contribution in [0, 0.1) is 17.6 Å². The molecule has 0 spiro atoms. The number of benzene rings is 1. The van der Waals surface area contributed by atoms with E-state index in [4.69, 9.17) is 0 Å². The van der Waals surface area contributed by atoms with E-state index in [1.807, 2.05) is 4.90 Å². The van der Waals surface area contributed by atoms with E-state index >= 15 is 4.39 Å². The largest absolute Gasteiger partial charge is 0.396 e. The Hall–Kier alpha value is -3.77. The van der Waals surface area contributed by atoms with Crippen LogP contribution in [0.15, 0.2) is 36.8 Å². The van der Waals surface area contributed by atoms with Crippen molar-refractivity contribution in [3.8, 4) is 22.4 Å². The normalized spacial score (nSPS) is 15.7. The number of piperidine rings is 1. The van der Waals surface area contributed by atoms with Gasteiger partial charge in [0.1, 0.15) is 17.0 Å². The van der Waals surface area contributed by atoms with E-state index in [0.29, 0.717) is 34.9 Å². The molecular formula is C25H25F2N7O2S. The Morgan fingerprint density at radius 2 is 2.05 bits per heavy atom. The number of carbonyl (C=O) groups is 1. The summed E-state index contributed by atoms with van der Waals surface area (Å²) in [4.78, 5) is 31.4. The smallest absolute Gasteiger partial charge is 0.321 e. The summed E-state index contributed by atoms with van der Waals surface area (Å²) in [6.45, 7) is 3.72. The number of fused-ring (bicyclic) bond motifs is 1. The van der Waals surface area contributed by atoms with Gasteiger partial charge >= 0.3 is 6.03 Å². The van der Waals surface area contributed by atoms with Crippen molar-refractivity contribution in [2.45, 2.75) is 19.8 Å². The number of pyridine rings is 1. The number of carbonyl (C=O) groups excluding carboxylic acids is 1. The van der Waals surface area contributed by atoms with Crippen LogP contribution >= 0.6 is 11.3 Å². The molecule has 1 fully saturated rings. The summed E-state index contributed by atoms with van der Waals surface area (Å²) >= 11 is 1.04. The van der Waals surface area contributed by atoms with Gasteiger partial charge < -0.3 is 15.3 Å². The molecule has 0 radical (unpaired) electrons. The van der Waals surface area contributed by atoms with Crippen LogP contribution in [0.1, 0.15) is 19.8 Å². The maximum absolute atomic E-state index is 15.8. The lowest BCUT2D eigenvalue weighted by atomic mass is 9.99. The average Bonchev–Trinajstić information content (AvgIpc) is 3.34. The first-order valence-electron chi connectivity index (χ1n) is 12.0. The van der Waals surface area contributed by atoms with Gasteiger partial charge in [-0.05, 0) is 43.9 Å². The van der Waals surface area contributed by atoms with E-state index in [9.17, 15) is 14.3 Å². The van der Waals surface area contributed by atoms with Gasteiger partial charge in [-0.1, -0.05) is 11.3 Å². The van der Waals surface area contributed by atoms with Crippen LogP contribution in [0.2, 0.25) is 0 Å². The molecule has 1 atom stereocenters. The minimum absolute atomic E-state index is 0.0137. The second kappa shape index (κ2) is 10.7. The fraction of sp³-hybridized carbons (Fsp3) is 0.320. The molecule has 2 amide bonds. The molecule has 1 unspecified atom stereocenters. The molecule has 192 valence electrons. The van der Waals surface area contributed by atoms with Gasteiger partial charge in [-0.3, -0.25) is 10.3 Å². The molecule has 9 nitrogen and oxygen atoms in total. The SMILES string of the molecule is CCNC(=O)Nc1nc2c(F)c(-c3cnc(N4CCCC(CO)C4)nc3)cc(-c3ncccc3F)c2s1. The van der Waals surface area contributed by atoms with Crippen molar-refractivity contribution in [2.24, 2.45) is 5.92 Å². The molecule has 4 heterocycles. The van der Waals surface area contributed by atoms with Crippen LogP contribution in [-0.4, -0.2) is 57.3 Å². The number of hydrogen-bond acceptors (Lipinski definition) is 8. The van der Waals surface area contributed by atoms with Gasteiger partial charge in [-0.25, -0.2) is 28.5 Å². The number of amides is 2. The van der Waals surface area contributed by atoms with Gasteiger partial charge in [-0.15, -0.1) is 0 Å². The molecule has 0 bridgehead atoms. The molecule has 0 saturated carbocycles. The minimum atomic E-state index is -0.634. The predicted octanol–water partition coefficient (Wildman–Crippen LogP) is 4.44. The van der Waals surface area contributed by atoms with Gasteiger partial charge in [0, 0.05) is 61.5 Å². The van der Waals surface area contributed by atoms with E-state index in [-0.39, 0.29) is 34.4 Å². The fourth-order valence-electron chi connectivity index (χ4n) is 4.40. The molecule has 5 rings (SSSR count). The number of aliphatic hydroxyl groups is 1. The first-order valence-corrected chi connectivity index (χ1v) is 12.8. The Morgan fingerprint density at radius 3 is 2.78 bits per heavy atom. The minimum Gasteiger partial charge on any atom is -0.396 e. The first-order chi connectivity index (χ1) is 18.0. The number of aromatic nitrogens is 4. The number of rotatable bonds is 6. The second-order valence-corrected chi connectivity index (χ2v) is 9.71. The number of nitrogens with one attached hydrogen (secondary N) is 2. The van der Waals surface area contributed by atoms with Crippen LogP contribution in [0.25, 0.3) is 32.6 Å². The van der Waals surface area contributed by atoms with Crippen LogP contribution in [0.4, 0.5) is 24.7 Å². The summed E-state index contributed by atoms with van der Waals surface area (Å²) in [6, 6.07) is 3.79. The second-order valence-electron chi connectivity index (χ2n) is 8.71. The number of halogens is 2. The topological polar surface area (TPSA) is 116 Å². The Bertz CT molecular complexity index is 1430. The van der Waals surface area contributed by atoms with Crippen molar-refractivity contribution in [2.75, 3.05) is 36.5 Å². The van der Waals surface area contributed by atoms with Crippen molar-refractivity contribution < 1.29 is 18.7 Å². The number of anilines is 2. The standard InChI is InChI=1S/C25H25F2N7O2S/c1-2-28-24(36)33-25-32-21-19(27)16(9-17(22(21)37-25)20-18(26)6-3-7-29-20)15-10-30-23(31-11-15)34-8-4-5-14(12-34)13-35/h3,6-7,9-11,14,35H,2,4-5,8,12-13H2,1H3,(H2,28,32,33,36). The predicted molar refractivity (Wildman–Crippen MR) is 139 cm³/mol. The third-order valence-electron chi connectivity index (χ3n) is 6.19. The maximum atomic E-state index is 15.8. The lowest BCUT2D eigenvalue weighted by molar-refractivity contribution is 0.208. The lowest BCUT2D eigenvalue weighted by Crippen LogP contribution is -2.37. The Kier molecular flexibility index (Phi) is 7.19. The lowest BCUT2D eigenvalue weighted by Gasteiger charge is -2.31. The summed E-state index contributed by atoms with van der Waals surface area (Å²) in [5.74, 6) is -0.533. The zero-order valence-electron chi connectivity index (χ0n) is 20.0. The van der Waals surface area contributed by atoms with Crippen molar-refractivity contribution in [1.82, 2.24) is 25.3 Å². The van der Waals surface area contributed by atoms with Crippen LogP contribution in [0.5, 0.6) is 0 Å². The molecule has 3 aromatic heterocycles. The molecule has 1 saturated heterocycles. The molecule has 4 aromatic rings. The zero-order valence-corrected chi connectivity index (χ0v) is 20.9. The van der Waals surface area contributed by atoms with Crippen molar-refractivity contribution in [1.29, 1.82) is 0 Å². The van der Waals surface area contributed by atoms with Crippen molar-refractivity contribution in [3.05, 3.63) is 48.4 Å². The van der Waals surface area contributed by atoms with Gasteiger partial charge in [0.25, 0.3) is 0 Å². The fourth-order valence-corrected chi connectivity index (χ4v) is 5.37. The monoisotopic (exact) mass is 525 g/mol. The van der Waals surface area contributed by atoms with Crippen LogP contribution < -0.4 is 15.5 Å². The summed E-state index contributed by atoms with van der Waals surface area (Å²) in [6.07, 6.45) is 6.38. The third-order valence-corrected chi connectivity index (χ3v) is 7.19. The summed E-state index contributed by atoms with van der Waals surface area (Å²) in [5, 5.41) is 14.9.